The molecule has 0 aromatic heterocycles. The van der Waals surface area contributed by atoms with Gasteiger partial charge in [-0.25, -0.2) is 0 Å². The van der Waals surface area contributed by atoms with Crippen molar-refractivity contribution in [2.24, 2.45) is 0 Å². The normalized spacial score (nSPS) is 9.92. The standard InChI is InChI=1S/C10H12O2/c1-7-3-9(5-11)4-10(6-12)8(7)2/h3-4,6,11H,5H2,1-2H3. The maximum atomic E-state index is 10.6. The quantitative estimate of drug-likeness (QED) is 0.674. The van der Waals surface area contributed by atoms with Gasteiger partial charge in [-0.05, 0) is 36.6 Å². The van der Waals surface area contributed by atoms with Crippen LogP contribution in [0.4, 0.5) is 0 Å². The van der Waals surface area contributed by atoms with Crippen molar-refractivity contribution >= 4 is 6.29 Å². The smallest absolute Gasteiger partial charge is 0.150 e. The number of aliphatic hydroxyl groups excluding tert-OH is 1. The molecule has 1 N–H and O–H groups in total. The van der Waals surface area contributed by atoms with E-state index in [2.05, 4.69) is 0 Å². The Labute approximate surface area is 71.8 Å². The van der Waals surface area contributed by atoms with Gasteiger partial charge in [-0.2, -0.15) is 0 Å². The number of aliphatic hydroxyl groups is 1. The first-order valence-corrected chi connectivity index (χ1v) is 3.85. The molecular formula is C10H12O2. The van der Waals surface area contributed by atoms with E-state index in [0.717, 1.165) is 23.0 Å². The van der Waals surface area contributed by atoms with Crippen molar-refractivity contribution in [3.05, 3.63) is 34.4 Å². The van der Waals surface area contributed by atoms with E-state index in [0.29, 0.717) is 5.56 Å². The third-order valence-electron chi connectivity index (χ3n) is 2.08. The monoisotopic (exact) mass is 164 g/mol. The van der Waals surface area contributed by atoms with Gasteiger partial charge in [-0.1, -0.05) is 6.07 Å². The molecule has 0 fully saturated rings. The average Bonchev–Trinajstić information content (AvgIpc) is 2.09. The lowest BCUT2D eigenvalue weighted by Crippen LogP contribution is -1.94. The molecule has 12 heavy (non-hydrogen) atoms. The summed E-state index contributed by atoms with van der Waals surface area (Å²) in [5.74, 6) is 0. The summed E-state index contributed by atoms with van der Waals surface area (Å²) in [7, 11) is 0. The van der Waals surface area contributed by atoms with Gasteiger partial charge in [0, 0.05) is 5.56 Å². The van der Waals surface area contributed by atoms with Gasteiger partial charge in [0.1, 0.15) is 6.29 Å². The molecule has 0 atom stereocenters. The van der Waals surface area contributed by atoms with E-state index >= 15 is 0 Å². The number of hydrogen-bond donors (Lipinski definition) is 1. The predicted molar refractivity (Wildman–Crippen MR) is 47.2 cm³/mol. The Hall–Kier alpha value is -1.15. The van der Waals surface area contributed by atoms with E-state index in [1.54, 1.807) is 6.07 Å². The highest BCUT2D eigenvalue weighted by Gasteiger charge is 2.02. The van der Waals surface area contributed by atoms with Crippen LogP contribution in [0.25, 0.3) is 0 Å². The van der Waals surface area contributed by atoms with E-state index in [1.165, 1.54) is 0 Å². The minimum Gasteiger partial charge on any atom is -0.392 e. The molecule has 0 aliphatic heterocycles. The van der Waals surface area contributed by atoms with Gasteiger partial charge >= 0.3 is 0 Å². The van der Waals surface area contributed by atoms with Crippen LogP contribution < -0.4 is 0 Å². The number of aldehydes is 1. The topological polar surface area (TPSA) is 37.3 Å². The lowest BCUT2D eigenvalue weighted by molar-refractivity contribution is 0.112. The van der Waals surface area contributed by atoms with Gasteiger partial charge in [-0.15, -0.1) is 0 Å². The molecule has 0 amide bonds. The van der Waals surface area contributed by atoms with Crippen LogP contribution in [0.3, 0.4) is 0 Å². The highest BCUT2D eigenvalue weighted by molar-refractivity contribution is 5.78. The fourth-order valence-electron chi connectivity index (χ4n) is 1.18. The zero-order chi connectivity index (χ0) is 9.14. The molecule has 2 nitrogen and oxygen atoms in total. The van der Waals surface area contributed by atoms with Crippen molar-refractivity contribution < 1.29 is 9.90 Å². The Bertz CT molecular complexity index is 303. The number of carbonyl (C=O) groups is 1. The molecule has 0 aliphatic carbocycles. The molecular weight excluding hydrogens is 152 g/mol. The van der Waals surface area contributed by atoms with Crippen molar-refractivity contribution in [1.29, 1.82) is 0 Å². The van der Waals surface area contributed by atoms with E-state index in [-0.39, 0.29) is 6.61 Å². The summed E-state index contributed by atoms with van der Waals surface area (Å²) < 4.78 is 0. The predicted octanol–water partition coefficient (Wildman–Crippen LogP) is 1.61. The van der Waals surface area contributed by atoms with Gasteiger partial charge in [0.25, 0.3) is 0 Å². The first kappa shape index (κ1) is 8.94. The summed E-state index contributed by atoms with van der Waals surface area (Å²) in [6, 6.07) is 3.61. The number of hydrogen-bond acceptors (Lipinski definition) is 2. The highest BCUT2D eigenvalue weighted by Crippen LogP contribution is 2.14. The molecule has 1 aromatic rings. The number of aryl methyl sites for hydroxylation is 1. The number of benzene rings is 1. The first-order chi connectivity index (χ1) is 5.69. The van der Waals surface area contributed by atoms with Crippen molar-refractivity contribution in [1.82, 2.24) is 0 Å². The first-order valence-electron chi connectivity index (χ1n) is 3.85. The van der Waals surface area contributed by atoms with E-state index in [4.69, 9.17) is 5.11 Å². The SMILES string of the molecule is Cc1cc(CO)cc(C=O)c1C. The van der Waals surface area contributed by atoms with Crippen LogP contribution in [0, 0.1) is 13.8 Å². The second-order valence-corrected chi connectivity index (χ2v) is 2.90. The third kappa shape index (κ3) is 1.53. The van der Waals surface area contributed by atoms with Gasteiger partial charge in [0.05, 0.1) is 6.61 Å². The van der Waals surface area contributed by atoms with Gasteiger partial charge < -0.3 is 5.11 Å². The maximum Gasteiger partial charge on any atom is 0.150 e. The largest absolute Gasteiger partial charge is 0.392 e. The molecule has 0 saturated carbocycles. The molecule has 2 heteroatoms. The van der Waals surface area contributed by atoms with Crippen LogP contribution in [0.5, 0.6) is 0 Å². The summed E-state index contributed by atoms with van der Waals surface area (Å²) in [5.41, 5.74) is 3.49. The lowest BCUT2D eigenvalue weighted by atomic mass is 10.0. The van der Waals surface area contributed by atoms with Crippen LogP contribution in [-0.2, 0) is 6.61 Å². The second-order valence-electron chi connectivity index (χ2n) is 2.90. The Morgan fingerprint density at radius 1 is 1.42 bits per heavy atom. The summed E-state index contributed by atoms with van der Waals surface area (Å²) in [6.07, 6.45) is 0.821. The maximum absolute atomic E-state index is 10.6. The van der Waals surface area contributed by atoms with Crippen LogP contribution in [-0.4, -0.2) is 11.4 Å². The van der Waals surface area contributed by atoms with Crippen molar-refractivity contribution in [3.8, 4) is 0 Å². The molecule has 1 aromatic carbocycles. The zero-order valence-electron chi connectivity index (χ0n) is 7.29. The molecule has 0 spiro atoms. The fourth-order valence-corrected chi connectivity index (χ4v) is 1.18. The Kier molecular flexibility index (Phi) is 2.61. The van der Waals surface area contributed by atoms with Crippen molar-refractivity contribution in [2.45, 2.75) is 20.5 Å². The zero-order valence-corrected chi connectivity index (χ0v) is 7.29. The molecule has 0 radical (unpaired) electrons. The average molecular weight is 164 g/mol. The minimum absolute atomic E-state index is 0.0119. The second kappa shape index (κ2) is 3.50. The summed E-state index contributed by atoms with van der Waals surface area (Å²) in [6.45, 7) is 3.82. The Morgan fingerprint density at radius 3 is 2.58 bits per heavy atom. The van der Waals surface area contributed by atoms with Gasteiger partial charge in [-0.3, -0.25) is 4.79 Å². The molecule has 1 rings (SSSR count). The van der Waals surface area contributed by atoms with Crippen LogP contribution >= 0.6 is 0 Å². The van der Waals surface area contributed by atoms with Crippen molar-refractivity contribution in [3.63, 3.8) is 0 Å². The third-order valence-corrected chi connectivity index (χ3v) is 2.08. The van der Waals surface area contributed by atoms with Crippen molar-refractivity contribution in [2.75, 3.05) is 0 Å². The number of carbonyl (C=O) groups excluding carboxylic acids is 1. The number of rotatable bonds is 2. The summed E-state index contributed by atoms with van der Waals surface area (Å²) >= 11 is 0. The van der Waals surface area contributed by atoms with Crippen LogP contribution in [0.1, 0.15) is 27.0 Å². The highest BCUT2D eigenvalue weighted by atomic mass is 16.3. The molecule has 64 valence electrons. The van der Waals surface area contributed by atoms with Crippen LogP contribution in [0.2, 0.25) is 0 Å². The summed E-state index contributed by atoms with van der Waals surface area (Å²) in [5, 5.41) is 8.86. The van der Waals surface area contributed by atoms with E-state index in [1.807, 2.05) is 19.9 Å². The van der Waals surface area contributed by atoms with Gasteiger partial charge in [0.15, 0.2) is 0 Å². The Balaban J connectivity index is 3.28. The molecule has 0 aliphatic rings. The fraction of sp³-hybridized carbons (Fsp3) is 0.300. The van der Waals surface area contributed by atoms with E-state index in [9.17, 15) is 4.79 Å². The van der Waals surface area contributed by atoms with Gasteiger partial charge in [0.2, 0.25) is 0 Å². The molecule has 0 unspecified atom stereocenters. The molecule has 0 heterocycles. The summed E-state index contributed by atoms with van der Waals surface area (Å²) in [4.78, 5) is 10.6. The lowest BCUT2D eigenvalue weighted by Gasteiger charge is -2.05. The molecule has 0 bridgehead atoms. The minimum atomic E-state index is -0.0119. The Morgan fingerprint density at radius 2 is 2.08 bits per heavy atom. The van der Waals surface area contributed by atoms with E-state index < -0.39 is 0 Å². The molecule has 0 saturated heterocycles. The van der Waals surface area contributed by atoms with Crippen LogP contribution in [0.15, 0.2) is 12.1 Å².